The molecule has 0 bridgehead atoms. The molecular weight excluding hydrogens is 260 g/mol. The Kier molecular flexibility index (Phi) is 7.76. The highest BCUT2D eigenvalue weighted by Crippen LogP contribution is 2.21. The van der Waals surface area contributed by atoms with Gasteiger partial charge in [0.1, 0.15) is 0 Å². The molecule has 0 saturated carbocycles. The second kappa shape index (κ2) is 9.06. The summed E-state index contributed by atoms with van der Waals surface area (Å²) in [6.07, 6.45) is 1.99. The summed E-state index contributed by atoms with van der Waals surface area (Å²) in [4.78, 5) is 2.41. The van der Waals surface area contributed by atoms with Crippen LogP contribution in [-0.4, -0.2) is 32.8 Å². The standard InChI is InChI=1S/C18H32N2O/c1-6-17(19)12-16-7-8-18(11-15(16)4)20(9-10-21-5)13-14(2)3/h7-8,11,14,17H,6,9-10,12-13,19H2,1-5H3. The van der Waals surface area contributed by atoms with Crippen LogP contribution in [0.15, 0.2) is 18.2 Å². The number of hydrogen-bond donors (Lipinski definition) is 1. The number of aryl methyl sites for hydroxylation is 1. The van der Waals surface area contributed by atoms with Crippen molar-refractivity contribution < 1.29 is 4.74 Å². The largest absolute Gasteiger partial charge is 0.383 e. The van der Waals surface area contributed by atoms with E-state index in [-0.39, 0.29) is 6.04 Å². The summed E-state index contributed by atoms with van der Waals surface area (Å²) in [6, 6.07) is 7.01. The highest BCUT2D eigenvalue weighted by molar-refractivity contribution is 5.51. The molecule has 2 N–H and O–H groups in total. The lowest BCUT2D eigenvalue weighted by Crippen LogP contribution is -2.31. The second-order valence-corrected chi connectivity index (χ2v) is 6.32. The third-order valence-corrected chi connectivity index (χ3v) is 3.85. The first-order valence-corrected chi connectivity index (χ1v) is 8.06. The molecule has 0 spiro atoms. The average molecular weight is 292 g/mol. The van der Waals surface area contributed by atoms with Crippen molar-refractivity contribution in [2.24, 2.45) is 11.7 Å². The molecule has 0 aliphatic heterocycles. The van der Waals surface area contributed by atoms with Gasteiger partial charge in [0.15, 0.2) is 0 Å². The van der Waals surface area contributed by atoms with Crippen molar-refractivity contribution in [2.75, 3.05) is 31.7 Å². The average Bonchev–Trinajstić information content (AvgIpc) is 2.45. The van der Waals surface area contributed by atoms with E-state index in [2.05, 4.69) is 50.8 Å². The van der Waals surface area contributed by atoms with Crippen LogP contribution in [0.4, 0.5) is 5.69 Å². The van der Waals surface area contributed by atoms with Gasteiger partial charge in [0, 0.05) is 31.9 Å². The van der Waals surface area contributed by atoms with Crippen LogP contribution in [0, 0.1) is 12.8 Å². The normalized spacial score (nSPS) is 12.7. The van der Waals surface area contributed by atoms with E-state index in [4.69, 9.17) is 10.5 Å². The SMILES string of the molecule is CCC(N)Cc1ccc(N(CCOC)CC(C)C)cc1C. The van der Waals surface area contributed by atoms with Crippen LogP contribution in [0.2, 0.25) is 0 Å². The second-order valence-electron chi connectivity index (χ2n) is 6.32. The Bertz CT molecular complexity index is 418. The lowest BCUT2D eigenvalue weighted by Gasteiger charge is -2.27. The van der Waals surface area contributed by atoms with Gasteiger partial charge in [-0.3, -0.25) is 0 Å². The summed E-state index contributed by atoms with van der Waals surface area (Å²) in [6.45, 7) is 11.6. The van der Waals surface area contributed by atoms with Crippen LogP contribution >= 0.6 is 0 Å². The summed E-state index contributed by atoms with van der Waals surface area (Å²) in [7, 11) is 1.76. The maximum atomic E-state index is 6.08. The Morgan fingerprint density at radius 3 is 2.52 bits per heavy atom. The quantitative estimate of drug-likeness (QED) is 0.758. The molecule has 3 heteroatoms. The number of rotatable bonds is 9. The highest BCUT2D eigenvalue weighted by Gasteiger charge is 2.11. The van der Waals surface area contributed by atoms with Gasteiger partial charge in [-0.1, -0.05) is 26.8 Å². The zero-order chi connectivity index (χ0) is 15.8. The molecule has 0 radical (unpaired) electrons. The van der Waals surface area contributed by atoms with Crippen molar-refractivity contribution in [2.45, 2.75) is 46.6 Å². The van der Waals surface area contributed by atoms with E-state index < -0.39 is 0 Å². The van der Waals surface area contributed by atoms with Crippen molar-refractivity contribution >= 4 is 5.69 Å². The van der Waals surface area contributed by atoms with Gasteiger partial charge in [-0.25, -0.2) is 0 Å². The van der Waals surface area contributed by atoms with E-state index >= 15 is 0 Å². The van der Waals surface area contributed by atoms with Crippen LogP contribution in [0.3, 0.4) is 0 Å². The summed E-state index contributed by atoms with van der Waals surface area (Å²) in [5.41, 5.74) is 10.1. The van der Waals surface area contributed by atoms with Gasteiger partial charge >= 0.3 is 0 Å². The number of nitrogens with two attached hydrogens (primary N) is 1. The van der Waals surface area contributed by atoms with Crippen LogP contribution in [0.5, 0.6) is 0 Å². The van der Waals surface area contributed by atoms with E-state index in [1.165, 1.54) is 16.8 Å². The molecule has 0 amide bonds. The maximum absolute atomic E-state index is 6.08. The molecule has 21 heavy (non-hydrogen) atoms. The van der Waals surface area contributed by atoms with Gasteiger partial charge in [0.2, 0.25) is 0 Å². The molecule has 3 nitrogen and oxygen atoms in total. The molecule has 1 aromatic carbocycles. The Labute approximate surface area is 130 Å². The Morgan fingerprint density at radius 2 is 2.00 bits per heavy atom. The van der Waals surface area contributed by atoms with Crippen LogP contribution in [0.1, 0.15) is 38.3 Å². The van der Waals surface area contributed by atoms with E-state index in [0.717, 1.165) is 32.5 Å². The molecule has 120 valence electrons. The molecule has 1 unspecified atom stereocenters. The van der Waals surface area contributed by atoms with Gasteiger partial charge in [-0.15, -0.1) is 0 Å². The van der Waals surface area contributed by atoms with E-state index in [9.17, 15) is 0 Å². The van der Waals surface area contributed by atoms with Crippen LogP contribution in [0.25, 0.3) is 0 Å². The highest BCUT2D eigenvalue weighted by atomic mass is 16.5. The van der Waals surface area contributed by atoms with Crippen molar-refractivity contribution in [3.63, 3.8) is 0 Å². The predicted octanol–water partition coefficient (Wildman–Crippen LogP) is 3.38. The maximum Gasteiger partial charge on any atom is 0.0637 e. The van der Waals surface area contributed by atoms with Gasteiger partial charge in [0.25, 0.3) is 0 Å². The third kappa shape index (κ3) is 6.06. The fourth-order valence-corrected chi connectivity index (χ4v) is 2.50. The molecule has 0 fully saturated rings. The van der Waals surface area contributed by atoms with E-state index in [1.807, 2.05) is 0 Å². The van der Waals surface area contributed by atoms with E-state index in [1.54, 1.807) is 7.11 Å². The molecule has 1 atom stereocenters. The van der Waals surface area contributed by atoms with Crippen LogP contribution in [-0.2, 0) is 11.2 Å². The van der Waals surface area contributed by atoms with E-state index in [0.29, 0.717) is 5.92 Å². The molecule has 0 heterocycles. The minimum Gasteiger partial charge on any atom is -0.383 e. The minimum absolute atomic E-state index is 0.259. The fraction of sp³-hybridized carbons (Fsp3) is 0.667. The molecular formula is C18H32N2O. The van der Waals surface area contributed by atoms with Gasteiger partial charge < -0.3 is 15.4 Å². The van der Waals surface area contributed by atoms with Crippen molar-refractivity contribution in [3.8, 4) is 0 Å². The summed E-state index contributed by atoms with van der Waals surface area (Å²) < 4.78 is 5.24. The predicted molar refractivity (Wildman–Crippen MR) is 92.1 cm³/mol. The summed E-state index contributed by atoms with van der Waals surface area (Å²) in [5, 5.41) is 0. The first kappa shape index (κ1) is 18.0. The fourth-order valence-electron chi connectivity index (χ4n) is 2.50. The molecule has 0 saturated heterocycles. The van der Waals surface area contributed by atoms with Crippen molar-refractivity contribution in [3.05, 3.63) is 29.3 Å². The lowest BCUT2D eigenvalue weighted by molar-refractivity contribution is 0.204. The topological polar surface area (TPSA) is 38.5 Å². The van der Waals surface area contributed by atoms with Crippen molar-refractivity contribution in [1.29, 1.82) is 0 Å². The number of nitrogens with zero attached hydrogens (tertiary/aromatic N) is 1. The van der Waals surface area contributed by atoms with Crippen LogP contribution < -0.4 is 10.6 Å². The van der Waals surface area contributed by atoms with Crippen molar-refractivity contribution in [1.82, 2.24) is 0 Å². The zero-order valence-corrected chi connectivity index (χ0v) is 14.4. The lowest BCUT2D eigenvalue weighted by atomic mass is 9.99. The third-order valence-electron chi connectivity index (χ3n) is 3.85. The summed E-state index contributed by atoms with van der Waals surface area (Å²) >= 11 is 0. The molecule has 0 aliphatic rings. The number of anilines is 1. The zero-order valence-electron chi connectivity index (χ0n) is 14.4. The molecule has 0 aromatic heterocycles. The Hall–Kier alpha value is -1.06. The minimum atomic E-state index is 0.259. The monoisotopic (exact) mass is 292 g/mol. The number of ether oxygens (including phenoxy) is 1. The first-order valence-electron chi connectivity index (χ1n) is 8.06. The smallest absolute Gasteiger partial charge is 0.0637 e. The van der Waals surface area contributed by atoms with Gasteiger partial charge in [-0.05, 0) is 48.9 Å². The first-order chi connectivity index (χ1) is 9.97. The van der Waals surface area contributed by atoms with Gasteiger partial charge in [-0.2, -0.15) is 0 Å². The Balaban J connectivity index is 2.86. The molecule has 1 rings (SSSR count). The van der Waals surface area contributed by atoms with Gasteiger partial charge in [0.05, 0.1) is 6.61 Å². The Morgan fingerprint density at radius 1 is 1.29 bits per heavy atom. The number of benzene rings is 1. The number of hydrogen-bond acceptors (Lipinski definition) is 3. The summed E-state index contributed by atoms with van der Waals surface area (Å²) in [5.74, 6) is 0.635. The molecule has 1 aromatic rings. The molecule has 0 aliphatic carbocycles. The number of methoxy groups -OCH3 is 1.